The molecule has 1 aliphatic rings. The minimum absolute atomic E-state index is 0.0773. The number of nitrogens with zero attached hydrogens (tertiary/aromatic N) is 1. The second kappa shape index (κ2) is 10.6. The van der Waals surface area contributed by atoms with E-state index in [0.717, 1.165) is 37.8 Å². The zero-order valence-electron chi connectivity index (χ0n) is 16.5. The van der Waals surface area contributed by atoms with Crippen molar-refractivity contribution in [3.63, 3.8) is 0 Å². The van der Waals surface area contributed by atoms with Gasteiger partial charge in [0.2, 0.25) is 17.6 Å². The number of ether oxygens (including phenoxy) is 3. The predicted molar refractivity (Wildman–Crippen MR) is 102 cm³/mol. The van der Waals surface area contributed by atoms with Crippen molar-refractivity contribution in [1.82, 2.24) is 10.2 Å². The third-order valence-electron chi connectivity index (χ3n) is 4.69. The molecule has 0 unspecified atom stereocenters. The maximum Gasteiger partial charge on any atom is 0.224 e. The SMILES string of the molecule is COc1cc(CC(=O)NCCCN2CCCCCC2=O)cc(OC)c1OC. The fraction of sp³-hybridized carbons (Fsp3) is 0.600. The number of methoxy groups -OCH3 is 3. The Bertz CT molecular complexity index is 622. The first-order chi connectivity index (χ1) is 13.1. The molecule has 2 rings (SSSR count). The summed E-state index contributed by atoms with van der Waals surface area (Å²) < 4.78 is 15.9. The van der Waals surface area contributed by atoms with Crippen molar-refractivity contribution in [3.8, 4) is 17.2 Å². The van der Waals surface area contributed by atoms with Crippen LogP contribution in [0.3, 0.4) is 0 Å². The lowest BCUT2D eigenvalue weighted by Gasteiger charge is -2.20. The summed E-state index contributed by atoms with van der Waals surface area (Å²) in [6, 6.07) is 3.55. The third kappa shape index (κ3) is 6.05. The number of carbonyl (C=O) groups is 2. The van der Waals surface area contributed by atoms with Gasteiger partial charge in [0.25, 0.3) is 0 Å². The van der Waals surface area contributed by atoms with E-state index in [4.69, 9.17) is 14.2 Å². The second-order valence-corrected chi connectivity index (χ2v) is 6.61. The first kappa shape index (κ1) is 20.9. The predicted octanol–water partition coefficient (Wildman–Crippen LogP) is 2.16. The zero-order chi connectivity index (χ0) is 19.6. The Hall–Kier alpha value is -2.44. The minimum atomic E-state index is -0.0773. The molecule has 0 atom stereocenters. The molecule has 1 fully saturated rings. The number of amides is 2. The van der Waals surface area contributed by atoms with E-state index >= 15 is 0 Å². The number of hydrogen-bond acceptors (Lipinski definition) is 5. The molecule has 1 aromatic rings. The average Bonchev–Trinajstić information content (AvgIpc) is 2.88. The molecule has 1 N–H and O–H groups in total. The van der Waals surface area contributed by atoms with Crippen LogP contribution in [0, 0.1) is 0 Å². The fourth-order valence-electron chi connectivity index (χ4n) is 3.26. The van der Waals surface area contributed by atoms with Crippen molar-refractivity contribution in [3.05, 3.63) is 17.7 Å². The van der Waals surface area contributed by atoms with E-state index in [0.29, 0.717) is 36.8 Å². The van der Waals surface area contributed by atoms with E-state index < -0.39 is 0 Å². The number of carbonyl (C=O) groups excluding carboxylic acids is 2. The number of nitrogens with one attached hydrogen (secondary N) is 1. The highest BCUT2D eigenvalue weighted by Gasteiger charge is 2.17. The molecule has 150 valence electrons. The van der Waals surface area contributed by atoms with Gasteiger partial charge in [-0.05, 0) is 37.0 Å². The van der Waals surface area contributed by atoms with E-state index in [1.54, 1.807) is 33.5 Å². The lowest BCUT2D eigenvalue weighted by Crippen LogP contribution is -2.34. The van der Waals surface area contributed by atoms with Gasteiger partial charge in [-0.3, -0.25) is 9.59 Å². The van der Waals surface area contributed by atoms with Crippen LogP contribution in [0.5, 0.6) is 17.2 Å². The van der Waals surface area contributed by atoms with Crippen molar-refractivity contribution in [2.45, 2.75) is 38.5 Å². The van der Waals surface area contributed by atoms with Crippen LogP contribution in [0.2, 0.25) is 0 Å². The van der Waals surface area contributed by atoms with Crippen molar-refractivity contribution < 1.29 is 23.8 Å². The number of hydrogen-bond donors (Lipinski definition) is 1. The molecule has 1 aromatic carbocycles. The van der Waals surface area contributed by atoms with E-state index in [-0.39, 0.29) is 18.2 Å². The first-order valence-corrected chi connectivity index (χ1v) is 9.42. The average molecular weight is 378 g/mol. The van der Waals surface area contributed by atoms with Gasteiger partial charge < -0.3 is 24.4 Å². The molecule has 1 saturated heterocycles. The molecule has 0 aliphatic carbocycles. The monoisotopic (exact) mass is 378 g/mol. The maximum atomic E-state index is 12.2. The molecule has 0 saturated carbocycles. The largest absolute Gasteiger partial charge is 0.493 e. The molecule has 0 spiro atoms. The third-order valence-corrected chi connectivity index (χ3v) is 4.69. The van der Waals surface area contributed by atoms with Crippen LogP contribution in [0.15, 0.2) is 12.1 Å². The summed E-state index contributed by atoms with van der Waals surface area (Å²) in [6.45, 7) is 2.08. The second-order valence-electron chi connectivity index (χ2n) is 6.61. The zero-order valence-corrected chi connectivity index (χ0v) is 16.5. The highest BCUT2D eigenvalue weighted by molar-refractivity contribution is 5.79. The van der Waals surface area contributed by atoms with Crippen LogP contribution >= 0.6 is 0 Å². The van der Waals surface area contributed by atoms with Gasteiger partial charge in [0, 0.05) is 26.1 Å². The standard InChI is InChI=1S/C20H30N2O5/c1-25-16-12-15(13-17(26-2)20(16)27-3)14-18(23)21-9-7-11-22-10-6-4-5-8-19(22)24/h12-13H,4-11,14H2,1-3H3,(H,21,23). The molecule has 1 heterocycles. The van der Waals surface area contributed by atoms with Gasteiger partial charge in [-0.15, -0.1) is 0 Å². The number of benzene rings is 1. The maximum absolute atomic E-state index is 12.2. The highest BCUT2D eigenvalue weighted by Crippen LogP contribution is 2.38. The lowest BCUT2D eigenvalue weighted by molar-refractivity contribution is -0.130. The summed E-state index contributed by atoms with van der Waals surface area (Å²) in [6.07, 6.45) is 4.80. The Kier molecular flexibility index (Phi) is 8.23. The molecule has 0 radical (unpaired) electrons. The summed E-state index contributed by atoms with van der Waals surface area (Å²) >= 11 is 0. The molecule has 7 nitrogen and oxygen atoms in total. The highest BCUT2D eigenvalue weighted by atomic mass is 16.5. The smallest absolute Gasteiger partial charge is 0.224 e. The topological polar surface area (TPSA) is 77.1 Å². The molecule has 27 heavy (non-hydrogen) atoms. The summed E-state index contributed by atoms with van der Waals surface area (Å²) in [7, 11) is 4.64. The molecule has 2 amide bonds. The van der Waals surface area contributed by atoms with Crippen LogP contribution < -0.4 is 19.5 Å². The number of rotatable bonds is 9. The van der Waals surface area contributed by atoms with Crippen LogP contribution in [0.4, 0.5) is 0 Å². The molecule has 0 bridgehead atoms. The summed E-state index contributed by atoms with van der Waals surface area (Å²) in [4.78, 5) is 26.1. The Morgan fingerprint density at radius 3 is 2.41 bits per heavy atom. The minimum Gasteiger partial charge on any atom is -0.493 e. The summed E-state index contributed by atoms with van der Waals surface area (Å²) in [5, 5.41) is 2.91. The normalized spacial score (nSPS) is 14.5. The Morgan fingerprint density at radius 2 is 1.78 bits per heavy atom. The lowest BCUT2D eigenvalue weighted by atomic mass is 10.1. The fourth-order valence-corrected chi connectivity index (χ4v) is 3.26. The van der Waals surface area contributed by atoms with E-state index in [1.165, 1.54) is 0 Å². The molecule has 0 aromatic heterocycles. The molecule has 1 aliphatic heterocycles. The summed E-state index contributed by atoms with van der Waals surface area (Å²) in [5.41, 5.74) is 0.782. The van der Waals surface area contributed by atoms with Crippen LogP contribution in [0.1, 0.15) is 37.7 Å². The van der Waals surface area contributed by atoms with Gasteiger partial charge in [-0.1, -0.05) is 6.42 Å². The van der Waals surface area contributed by atoms with Crippen LogP contribution in [0.25, 0.3) is 0 Å². The van der Waals surface area contributed by atoms with Crippen molar-refractivity contribution in [2.75, 3.05) is 41.0 Å². The number of likely N-dealkylation sites (tertiary alicyclic amines) is 1. The van der Waals surface area contributed by atoms with Gasteiger partial charge in [-0.25, -0.2) is 0 Å². The van der Waals surface area contributed by atoms with Crippen LogP contribution in [-0.2, 0) is 16.0 Å². The molecule has 7 heteroatoms. The molecular formula is C20H30N2O5. The van der Waals surface area contributed by atoms with Crippen molar-refractivity contribution in [2.24, 2.45) is 0 Å². The van der Waals surface area contributed by atoms with Gasteiger partial charge in [0.1, 0.15) is 0 Å². The van der Waals surface area contributed by atoms with Gasteiger partial charge in [-0.2, -0.15) is 0 Å². The van der Waals surface area contributed by atoms with E-state index in [2.05, 4.69) is 5.32 Å². The van der Waals surface area contributed by atoms with Crippen LogP contribution in [-0.4, -0.2) is 57.7 Å². The Morgan fingerprint density at radius 1 is 1.07 bits per heavy atom. The van der Waals surface area contributed by atoms with Gasteiger partial charge in [0.15, 0.2) is 11.5 Å². The van der Waals surface area contributed by atoms with Crippen molar-refractivity contribution >= 4 is 11.8 Å². The molecular weight excluding hydrogens is 348 g/mol. The van der Waals surface area contributed by atoms with E-state index in [1.807, 2.05) is 4.90 Å². The Labute approximate surface area is 161 Å². The quantitative estimate of drug-likeness (QED) is 0.667. The van der Waals surface area contributed by atoms with E-state index in [9.17, 15) is 9.59 Å². The van der Waals surface area contributed by atoms with Gasteiger partial charge >= 0.3 is 0 Å². The van der Waals surface area contributed by atoms with Gasteiger partial charge in [0.05, 0.1) is 27.8 Å². The van der Waals surface area contributed by atoms with Crippen molar-refractivity contribution in [1.29, 1.82) is 0 Å². The summed E-state index contributed by atoms with van der Waals surface area (Å²) in [5.74, 6) is 1.72. The first-order valence-electron chi connectivity index (χ1n) is 9.42. The Balaban J connectivity index is 1.82.